The average molecular weight is 355 g/mol. The van der Waals surface area contributed by atoms with Crippen molar-refractivity contribution < 1.29 is 23.8 Å². The Balaban J connectivity index is 1.81. The van der Waals surface area contributed by atoms with E-state index in [4.69, 9.17) is 14.2 Å². The van der Waals surface area contributed by atoms with E-state index in [-0.39, 0.29) is 0 Å². The number of cyclic esters (lactones) is 1. The first-order valence-electron chi connectivity index (χ1n) is 8.40. The van der Waals surface area contributed by atoms with Crippen molar-refractivity contribution in [2.24, 2.45) is 0 Å². The standard InChI is InChI=1S/C20H21NO5/c1-4-25-16-10-9-14(11-17(16)24-3)21-19(23)20(2)12-13-7-5-6-8-15(13)18(22)26-20/h5-11H,4,12H2,1-3H3,(H,21,23). The van der Waals surface area contributed by atoms with Gasteiger partial charge in [-0.25, -0.2) is 4.79 Å². The molecule has 1 N–H and O–H groups in total. The molecule has 0 radical (unpaired) electrons. The smallest absolute Gasteiger partial charge is 0.339 e. The van der Waals surface area contributed by atoms with E-state index in [1.807, 2.05) is 19.1 Å². The molecule has 136 valence electrons. The van der Waals surface area contributed by atoms with Crippen molar-refractivity contribution in [1.82, 2.24) is 0 Å². The normalized spacial score (nSPS) is 18.5. The molecule has 1 heterocycles. The first kappa shape index (κ1) is 17.8. The minimum absolute atomic E-state index is 0.314. The monoisotopic (exact) mass is 355 g/mol. The first-order valence-corrected chi connectivity index (χ1v) is 8.40. The predicted octanol–water partition coefficient (Wildman–Crippen LogP) is 3.20. The van der Waals surface area contributed by atoms with Crippen LogP contribution in [0.2, 0.25) is 0 Å². The molecule has 0 saturated heterocycles. The molecule has 2 aromatic rings. The summed E-state index contributed by atoms with van der Waals surface area (Å²) in [6, 6.07) is 12.3. The van der Waals surface area contributed by atoms with E-state index in [0.717, 1.165) is 5.56 Å². The van der Waals surface area contributed by atoms with Gasteiger partial charge in [-0.05, 0) is 37.6 Å². The van der Waals surface area contributed by atoms with Gasteiger partial charge < -0.3 is 19.5 Å². The van der Waals surface area contributed by atoms with E-state index in [0.29, 0.717) is 35.8 Å². The van der Waals surface area contributed by atoms with Crippen LogP contribution >= 0.6 is 0 Å². The molecule has 1 aliphatic heterocycles. The SMILES string of the molecule is CCOc1ccc(NC(=O)C2(C)Cc3ccccc3C(=O)O2)cc1OC. The highest BCUT2D eigenvalue weighted by atomic mass is 16.6. The van der Waals surface area contributed by atoms with Gasteiger partial charge in [0.25, 0.3) is 5.91 Å². The molecule has 0 fully saturated rings. The van der Waals surface area contributed by atoms with Gasteiger partial charge in [-0.3, -0.25) is 4.79 Å². The second kappa shape index (κ2) is 7.07. The molecule has 0 aliphatic carbocycles. The molecule has 0 saturated carbocycles. The Labute approximate surface area is 152 Å². The number of amides is 1. The lowest BCUT2D eigenvalue weighted by Crippen LogP contribution is -2.48. The van der Waals surface area contributed by atoms with Crippen molar-refractivity contribution in [3.8, 4) is 11.5 Å². The fourth-order valence-electron chi connectivity index (χ4n) is 2.94. The molecule has 6 heteroatoms. The lowest BCUT2D eigenvalue weighted by molar-refractivity contribution is -0.134. The van der Waals surface area contributed by atoms with Crippen LogP contribution in [0.5, 0.6) is 11.5 Å². The number of hydrogen-bond acceptors (Lipinski definition) is 5. The second-order valence-electron chi connectivity index (χ2n) is 6.21. The number of carbonyl (C=O) groups excluding carboxylic acids is 2. The zero-order chi connectivity index (χ0) is 18.7. The van der Waals surface area contributed by atoms with E-state index in [9.17, 15) is 9.59 Å². The van der Waals surface area contributed by atoms with Gasteiger partial charge in [-0.2, -0.15) is 0 Å². The van der Waals surface area contributed by atoms with Crippen LogP contribution in [0.25, 0.3) is 0 Å². The third-order valence-corrected chi connectivity index (χ3v) is 4.28. The lowest BCUT2D eigenvalue weighted by atomic mass is 9.89. The summed E-state index contributed by atoms with van der Waals surface area (Å²) in [6.07, 6.45) is 0.314. The maximum absolute atomic E-state index is 12.8. The second-order valence-corrected chi connectivity index (χ2v) is 6.21. The van der Waals surface area contributed by atoms with Crippen LogP contribution in [0.3, 0.4) is 0 Å². The summed E-state index contributed by atoms with van der Waals surface area (Å²) in [4.78, 5) is 25.0. The molecule has 2 aromatic carbocycles. The number of benzene rings is 2. The van der Waals surface area contributed by atoms with E-state index in [2.05, 4.69) is 5.32 Å². The zero-order valence-corrected chi connectivity index (χ0v) is 15.0. The van der Waals surface area contributed by atoms with Crippen LogP contribution < -0.4 is 14.8 Å². The summed E-state index contributed by atoms with van der Waals surface area (Å²) in [7, 11) is 1.53. The molecular weight excluding hydrogens is 334 g/mol. The van der Waals surface area contributed by atoms with Crippen molar-refractivity contribution in [2.75, 3.05) is 19.0 Å². The number of esters is 1. The Hall–Kier alpha value is -3.02. The van der Waals surface area contributed by atoms with Crippen LogP contribution in [-0.4, -0.2) is 31.2 Å². The van der Waals surface area contributed by atoms with Gasteiger partial charge in [-0.1, -0.05) is 18.2 Å². The molecule has 0 aromatic heterocycles. The molecule has 26 heavy (non-hydrogen) atoms. The number of fused-ring (bicyclic) bond motifs is 1. The number of rotatable bonds is 5. The third-order valence-electron chi connectivity index (χ3n) is 4.28. The maximum atomic E-state index is 12.8. The number of ether oxygens (including phenoxy) is 3. The fraction of sp³-hybridized carbons (Fsp3) is 0.300. The molecule has 1 unspecified atom stereocenters. The predicted molar refractivity (Wildman–Crippen MR) is 96.8 cm³/mol. The molecule has 0 bridgehead atoms. The van der Waals surface area contributed by atoms with Crippen molar-refractivity contribution in [3.05, 3.63) is 53.6 Å². The number of methoxy groups -OCH3 is 1. The molecule has 1 atom stereocenters. The number of hydrogen-bond donors (Lipinski definition) is 1. The van der Waals surface area contributed by atoms with Gasteiger partial charge in [0.1, 0.15) is 0 Å². The van der Waals surface area contributed by atoms with Crippen LogP contribution in [0.4, 0.5) is 5.69 Å². The summed E-state index contributed by atoms with van der Waals surface area (Å²) in [5, 5.41) is 2.80. The first-order chi connectivity index (χ1) is 12.5. The molecule has 6 nitrogen and oxygen atoms in total. The van der Waals surface area contributed by atoms with Crippen LogP contribution in [0.15, 0.2) is 42.5 Å². The quantitative estimate of drug-likeness (QED) is 0.834. The maximum Gasteiger partial charge on any atom is 0.339 e. The van der Waals surface area contributed by atoms with Gasteiger partial charge in [0, 0.05) is 18.2 Å². The Morgan fingerprint density at radius 1 is 1.23 bits per heavy atom. The summed E-state index contributed by atoms with van der Waals surface area (Å²) in [5.41, 5.74) is 0.551. The highest BCUT2D eigenvalue weighted by molar-refractivity contribution is 6.02. The zero-order valence-electron chi connectivity index (χ0n) is 15.0. The van der Waals surface area contributed by atoms with Gasteiger partial charge in [0.05, 0.1) is 19.3 Å². The minimum Gasteiger partial charge on any atom is -0.493 e. The van der Waals surface area contributed by atoms with Crippen LogP contribution in [0, 0.1) is 0 Å². The van der Waals surface area contributed by atoms with Gasteiger partial charge in [-0.15, -0.1) is 0 Å². The fourth-order valence-corrected chi connectivity index (χ4v) is 2.94. The highest BCUT2D eigenvalue weighted by Crippen LogP contribution is 2.32. The molecule has 0 spiro atoms. The van der Waals surface area contributed by atoms with E-state index >= 15 is 0 Å². The number of anilines is 1. The van der Waals surface area contributed by atoms with Crippen LogP contribution in [-0.2, 0) is 16.0 Å². The molecule has 1 aliphatic rings. The third kappa shape index (κ3) is 3.35. The molecule has 3 rings (SSSR count). The Kier molecular flexibility index (Phi) is 4.84. The van der Waals surface area contributed by atoms with E-state index < -0.39 is 17.5 Å². The highest BCUT2D eigenvalue weighted by Gasteiger charge is 2.42. The largest absolute Gasteiger partial charge is 0.493 e. The summed E-state index contributed by atoms with van der Waals surface area (Å²) in [6.45, 7) is 4.00. The average Bonchev–Trinajstić information content (AvgIpc) is 2.63. The van der Waals surface area contributed by atoms with E-state index in [1.165, 1.54) is 7.11 Å². The summed E-state index contributed by atoms with van der Waals surface area (Å²) in [5.74, 6) is 0.221. The topological polar surface area (TPSA) is 73.9 Å². The summed E-state index contributed by atoms with van der Waals surface area (Å²) >= 11 is 0. The number of carbonyl (C=O) groups is 2. The van der Waals surface area contributed by atoms with Crippen molar-refractivity contribution >= 4 is 17.6 Å². The molecule has 1 amide bonds. The Bertz CT molecular complexity index is 848. The number of nitrogens with one attached hydrogen (secondary N) is 1. The lowest BCUT2D eigenvalue weighted by Gasteiger charge is -2.33. The Morgan fingerprint density at radius 3 is 2.73 bits per heavy atom. The minimum atomic E-state index is -1.28. The van der Waals surface area contributed by atoms with Gasteiger partial charge in [0.2, 0.25) is 0 Å². The molecular formula is C20H21NO5. The van der Waals surface area contributed by atoms with Crippen molar-refractivity contribution in [1.29, 1.82) is 0 Å². The van der Waals surface area contributed by atoms with Gasteiger partial charge in [0.15, 0.2) is 17.1 Å². The van der Waals surface area contributed by atoms with Crippen molar-refractivity contribution in [2.45, 2.75) is 25.9 Å². The summed E-state index contributed by atoms with van der Waals surface area (Å²) < 4.78 is 16.2. The Morgan fingerprint density at radius 2 is 2.00 bits per heavy atom. The van der Waals surface area contributed by atoms with Crippen LogP contribution in [0.1, 0.15) is 29.8 Å². The van der Waals surface area contributed by atoms with Crippen molar-refractivity contribution in [3.63, 3.8) is 0 Å². The van der Waals surface area contributed by atoms with E-state index in [1.54, 1.807) is 37.3 Å². The van der Waals surface area contributed by atoms with Gasteiger partial charge >= 0.3 is 5.97 Å².